The van der Waals surface area contributed by atoms with Gasteiger partial charge in [-0.05, 0) is 35.7 Å². The van der Waals surface area contributed by atoms with Crippen molar-refractivity contribution >= 4 is 23.3 Å². The normalized spacial score (nSPS) is 16.9. The maximum absolute atomic E-state index is 13.5. The lowest BCUT2D eigenvalue weighted by Gasteiger charge is -2.24. The molecular weight excluding hydrogens is 442 g/mol. The first-order valence-electron chi connectivity index (χ1n) is 10.8. The number of ether oxygens (including phenoxy) is 2. The first-order valence-corrected chi connectivity index (χ1v) is 11.2. The number of aryl methyl sites for hydroxylation is 1. The molecule has 0 fully saturated rings. The van der Waals surface area contributed by atoms with Crippen molar-refractivity contribution in [2.45, 2.75) is 38.8 Å². The quantitative estimate of drug-likeness (QED) is 0.544. The molecule has 0 amide bonds. The van der Waals surface area contributed by atoms with E-state index in [1.165, 1.54) is 11.5 Å². The Labute approximate surface area is 197 Å². The third-order valence-electron chi connectivity index (χ3n) is 5.92. The molecule has 1 aromatic heterocycles. The number of rotatable bonds is 6. The second kappa shape index (κ2) is 9.27. The zero-order valence-corrected chi connectivity index (χ0v) is 19.8. The monoisotopic (exact) mass is 467 g/mol. The summed E-state index contributed by atoms with van der Waals surface area (Å²) in [6.07, 6.45) is 0.707. The van der Waals surface area contributed by atoms with E-state index < -0.39 is 6.10 Å². The lowest BCUT2D eigenvalue weighted by Crippen LogP contribution is -2.32. The summed E-state index contributed by atoms with van der Waals surface area (Å²) in [6, 6.07) is 12.8. The number of hydrogen-bond acceptors (Lipinski definition) is 6. The molecule has 172 valence electrons. The number of aromatic nitrogens is 2. The van der Waals surface area contributed by atoms with E-state index in [9.17, 15) is 9.59 Å². The van der Waals surface area contributed by atoms with Crippen LogP contribution in [-0.4, -0.2) is 28.7 Å². The minimum absolute atomic E-state index is 0.227. The van der Waals surface area contributed by atoms with Gasteiger partial charge < -0.3 is 14.8 Å². The molecule has 1 heterocycles. The van der Waals surface area contributed by atoms with Crippen molar-refractivity contribution in [1.82, 2.24) is 9.55 Å². The Hall–Kier alpha value is -3.32. The predicted molar refractivity (Wildman–Crippen MR) is 128 cm³/mol. The van der Waals surface area contributed by atoms with Crippen LogP contribution in [0.15, 0.2) is 47.3 Å². The summed E-state index contributed by atoms with van der Waals surface area (Å²) in [5, 5.41) is 3.81. The van der Waals surface area contributed by atoms with Crippen LogP contribution in [0, 0.1) is 0 Å². The lowest BCUT2D eigenvalue weighted by atomic mass is 10.1. The summed E-state index contributed by atoms with van der Waals surface area (Å²) in [4.78, 5) is 30.0. The van der Waals surface area contributed by atoms with Crippen molar-refractivity contribution < 1.29 is 14.3 Å². The first kappa shape index (κ1) is 22.9. The van der Waals surface area contributed by atoms with E-state index in [0.717, 1.165) is 11.1 Å². The van der Waals surface area contributed by atoms with Crippen LogP contribution < -0.4 is 15.6 Å². The Bertz CT molecular complexity index is 1270. The number of carbonyl (C=O) groups excluding carboxylic acids is 1. The molecule has 2 unspecified atom stereocenters. The SMILES string of the molecule is CCc1nc(-c2ccc(OC)cc2Cl)n(C)c(=O)c1NC1c2ccccc2CC1OC(C)=O. The molecule has 0 spiro atoms. The van der Waals surface area contributed by atoms with Crippen LogP contribution >= 0.6 is 11.6 Å². The van der Waals surface area contributed by atoms with Gasteiger partial charge in [-0.1, -0.05) is 42.8 Å². The minimum atomic E-state index is -0.412. The molecule has 1 aliphatic rings. The Morgan fingerprint density at radius 2 is 2.03 bits per heavy atom. The number of anilines is 1. The van der Waals surface area contributed by atoms with Gasteiger partial charge >= 0.3 is 5.97 Å². The highest BCUT2D eigenvalue weighted by Gasteiger charge is 2.35. The lowest BCUT2D eigenvalue weighted by molar-refractivity contribution is -0.146. The van der Waals surface area contributed by atoms with Gasteiger partial charge in [-0.3, -0.25) is 14.2 Å². The maximum Gasteiger partial charge on any atom is 0.302 e. The van der Waals surface area contributed by atoms with Crippen molar-refractivity contribution in [3.63, 3.8) is 0 Å². The Balaban J connectivity index is 1.78. The van der Waals surface area contributed by atoms with Crippen LogP contribution in [0.1, 0.15) is 36.7 Å². The summed E-state index contributed by atoms with van der Waals surface area (Å²) < 4.78 is 12.3. The highest BCUT2D eigenvalue weighted by atomic mass is 35.5. The zero-order valence-electron chi connectivity index (χ0n) is 19.0. The van der Waals surface area contributed by atoms with E-state index in [4.69, 9.17) is 26.1 Å². The molecular formula is C25H26ClN3O4. The van der Waals surface area contributed by atoms with Gasteiger partial charge in [0, 0.05) is 26.0 Å². The van der Waals surface area contributed by atoms with E-state index >= 15 is 0 Å². The number of methoxy groups -OCH3 is 1. The van der Waals surface area contributed by atoms with E-state index in [1.54, 1.807) is 32.4 Å². The van der Waals surface area contributed by atoms with E-state index in [0.29, 0.717) is 46.4 Å². The molecule has 0 saturated heterocycles. The fraction of sp³-hybridized carbons (Fsp3) is 0.320. The molecule has 2 aromatic carbocycles. The number of benzene rings is 2. The third kappa shape index (κ3) is 4.33. The second-order valence-corrected chi connectivity index (χ2v) is 8.40. The molecule has 8 heteroatoms. The zero-order chi connectivity index (χ0) is 23.7. The highest BCUT2D eigenvalue weighted by molar-refractivity contribution is 6.33. The molecule has 33 heavy (non-hydrogen) atoms. The molecule has 1 aliphatic carbocycles. The van der Waals surface area contributed by atoms with Gasteiger partial charge in [-0.25, -0.2) is 4.98 Å². The van der Waals surface area contributed by atoms with Gasteiger partial charge in [0.1, 0.15) is 23.4 Å². The number of esters is 1. The Morgan fingerprint density at radius 1 is 1.27 bits per heavy atom. The molecule has 0 aliphatic heterocycles. The minimum Gasteiger partial charge on any atom is -0.497 e. The predicted octanol–water partition coefficient (Wildman–Crippen LogP) is 4.31. The molecule has 0 radical (unpaired) electrons. The van der Waals surface area contributed by atoms with Crippen molar-refractivity contribution in [1.29, 1.82) is 0 Å². The number of nitrogens with one attached hydrogen (secondary N) is 1. The summed E-state index contributed by atoms with van der Waals surface area (Å²) in [5.74, 6) is 0.739. The average molecular weight is 468 g/mol. The van der Waals surface area contributed by atoms with E-state index in [-0.39, 0.29) is 17.6 Å². The molecule has 0 bridgehead atoms. The molecule has 4 rings (SSSR count). The van der Waals surface area contributed by atoms with Gasteiger partial charge in [0.25, 0.3) is 5.56 Å². The Kier molecular flexibility index (Phi) is 6.42. The van der Waals surface area contributed by atoms with Gasteiger partial charge in [0.05, 0.1) is 23.9 Å². The number of hydrogen-bond donors (Lipinski definition) is 1. The largest absolute Gasteiger partial charge is 0.497 e. The highest BCUT2D eigenvalue weighted by Crippen LogP contribution is 2.36. The van der Waals surface area contributed by atoms with Crippen molar-refractivity contribution in [3.8, 4) is 17.1 Å². The van der Waals surface area contributed by atoms with Crippen molar-refractivity contribution in [2.24, 2.45) is 7.05 Å². The van der Waals surface area contributed by atoms with Crippen LogP contribution in [0.2, 0.25) is 5.02 Å². The molecule has 1 N–H and O–H groups in total. The fourth-order valence-corrected chi connectivity index (χ4v) is 4.55. The number of nitrogens with zero attached hydrogens (tertiary/aromatic N) is 2. The summed E-state index contributed by atoms with van der Waals surface area (Å²) in [5.41, 5.74) is 3.52. The molecule has 0 saturated carbocycles. The van der Waals surface area contributed by atoms with Gasteiger partial charge in [0.15, 0.2) is 0 Å². The third-order valence-corrected chi connectivity index (χ3v) is 6.23. The Morgan fingerprint density at radius 3 is 2.70 bits per heavy atom. The van der Waals surface area contributed by atoms with Crippen LogP contribution in [-0.2, 0) is 29.4 Å². The molecule has 3 aromatic rings. The van der Waals surface area contributed by atoms with E-state index in [2.05, 4.69) is 5.32 Å². The summed E-state index contributed by atoms with van der Waals surface area (Å²) in [6.45, 7) is 3.34. The van der Waals surface area contributed by atoms with Crippen molar-refractivity contribution in [3.05, 3.63) is 74.7 Å². The maximum atomic E-state index is 13.5. The van der Waals surface area contributed by atoms with E-state index in [1.807, 2.05) is 31.2 Å². The summed E-state index contributed by atoms with van der Waals surface area (Å²) in [7, 11) is 3.24. The topological polar surface area (TPSA) is 82.5 Å². The van der Waals surface area contributed by atoms with Crippen LogP contribution in [0.4, 0.5) is 5.69 Å². The first-order chi connectivity index (χ1) is 15.8. The molecule has 7 nitrogen and oxygen atoms in total. The van der Waals surface area contributed by atoms with Crippen LogP contribution in [0.3, 0.4) is 0 Å². The summed E-state index contributed by atoms with van der Waals surface area (Å²) >= 11 is 6.46. The number of fused-ring (bicyclic) bond motifs is 1. The smallest absolute Gasteiger partial charge is 0.302 e. The molecule has 2 atom stereocenters. The van der Waals surface area contributed by atoms with Gasteiger partial charge in [-0.15, -0.1) is 0 Å². The average Bonchev–Trinajstić information content (AvgIpc) is 3.13. The van der Waals surface area contributed by atoms with Crippen LogP contribution in [0.25, 0.3) is 11.4 Å². The number of halogens is 1. The standard InChI is InChI=1S/C25H26ClN3O4/c1-5-20-23(28-22-17-9-7-6-8-15(17)12-21(22)33-14(2)30)25(31)29(3)24(27-20)18-11-10-16(32-4)13-19(18)26/h6-11,13,21-22,28H,5,12H2,1-4H3. The van der Waals surface area contributed by atoms with Crippen LogP contribution in [0.5, 0.6) is 5.75 Å². The van der Waals surface area contributed by atoms with Crippen molar-refractivity contribution in [2.75, 3.05) is 12.4 Å². The fourth-order valence-electron chi connectivity index (χ4n) is 4.30. The van der Waals surface area contributed by atoms with Gasteiger partial charge in [-0.2, -0.15) is 0 Å². The number of carbonyl (C=O) groups is 1. The second-order valence-electron chi connectivity index (χ2n) is 7.99. The van der Waals surface area contributed by atoms with Gasteiger partial charge in [0.2, 0.25) is 0 Å².